The number of nitrogens with zero attached hydrogens (tertiary/aromatic N) is 3. The van der Waals surface area contributed by atoms with Gasteiger partial charge in [0.1, 0.15) is 17.1 Å². The number of ether oxygens (including phenoxy) is 3. The molecule has 192 valence electrons. The van der Waals surface area contributed by atoms with Gasteiger partial charge >= 0.3 is 49.9 Å². The summed E-state index contributed by atoms with van der Waals surface area (Å²) in [5.41, 5.74) is -1.67. The van der Waals surface area contributed by atoms with Gasteiger partial charge in [0, 0.05) is 24.0 Å². The first-order chi connectivity index (χ1) is 16.5. The molecule has 0 bridgehead atoms. The molecule has 12 heteroatoms. The molecule has 1 N–H and O–H groups in total. The number of aliphatic carboxylic acids is 1. The maximum absolute atomic E-state index is 13.4. The second-order valence-corrected chi connectivity index (χ2v) is 8.05. The summed E-state index contributed by atoms with van der Waals surface area (Å²) in [6.07, 6.45) is -0.870. The molecular formula is C24H28CaF3N3O5. The molecule has 2 heterocycles. The first kappa shape index (κ1) is 29.7. The Morgan fingerprint density at radius 3 is 2.50 bits per heavy atom. The molecule has 0 aliphatic rings. The minimum absolute atomic E-state index is 0. The standard InChI is InChI=1S/C24H26F3N3O5.Ca.2H/c1-4-33-21-16(15-30(29-21)20-19(24(25,26)27)11-6-12-28-20)8-7-13-34-17-9-5-10-18(14-17)35-23(2,3)22(31)32;;;/h5-6,9-12,14-15H,4,7-8,13H2,1-3H3,(H,31,32);;;. The number of carboxylic acids is 1. The summed E-state index contributed by atoms with van der Waals surface area (Å²) in [4.78, 5) is 15.1. The van der Waals surface area contributed by atoms with Gasteiger partial charge in [0.25, 0.3) is 0 Å². The molecule has 2 aromatic heterocycles. The van der Waals surface area contributed by atoms with Crippen molar-refractivity contribution >= 4 is 43.7 Å². The molecule has 0 atom stereocenters. The van der Waals surface area contributed by atoms with E-state index in [0.29, 0.717) is 43.1 Å². The van der Waals surface area contributed by atoms with Gasteiger partial charge in [-0.3, -0.25) is 0 Å². The van der Waals surface area contributed by atoms with Crippen LogP contribution in [0.3, 0.4) is 0 Å². The van der Waals surface area contributed by atoms with E-state index in [2.05, 4.69) is 10.1 Å². The molecule has 1 aromatic carbocycles. The molecule has 0 unspecified atom stereocenters. The fourth-order valence-electron chi connectivity index (χ4n) is 3.15. The molecule has 0 amide bonds. The van der Waals surface area contributed by atoms with Crippen molar-refractivity contribution < 1.29 is 37.3 Å². The van der Waals surface area contributed by atoms with Crippen molar-refractivity contribution in [3.63, 3.8) is 0 Å². The predicted molar refractivity (Wildman–Crippen MR) is 129 cm³/mol. The van der Waals surface area contributed by atoms with Crippen molar-refractivity contribution in [2.45, 2.75) is 45.4 Å². The average molecular weight is 536 g/mol. The number of rotatable bonds is 11. The van der Waals surface area contributed by atoms with Crippen LogP contribution in [0, 0.1) is 0 Å². The summed E-state index contributed by atoms with van der Waals surface area (Å²) in [5.74, 6) is -0.344. The topological polar surface area (TPSA) is 95.7 Å². The SMILES string of the molecule is CCOc1nn(-c2ncccc2C(F)(F)F)cc1CCCOc1cccc(OC(C)(C)C(=O)O)c1.[CaH2]. The van der Waals surface area contributed by atoms with Crippen molar-refractivity contribution in [3.8, 4) is 23.2 Å². The summed E-state index contributed by atoms with van der Waals surface area (Å²) in [5, 5.41) is 13.4. The molecule has 3 aromatic rings. The van der Waals surface area contributed by atoms with E-state index >= 15 is 0 Å². The zero-order chi connectivity index (χ0) is 25.6. The van der Waals surface area contributed by atoms with Gasteiger partial charge in [0.15, 0.2) is 11.4 Å². The van der Waals surface area contributed by atoms with Crippen LogP contribution >= 0.6 is 0 Å². The Balaban J connectivity index is 0.00000456. The van der Waals surface area contributed by atoms with Gasteiger partial charge in [0.05, 0.1) is 13.2 Å². The van der Waals surface area contributed by atoms with Crippen LogP contribution < -0.4 is 14.2 Å². The quantitative estimate of drug-likeness (QED) is 0.293. The zero-order valence-electron chi connectivity index (χ0n) is 19.5. The molecule has 0 saturated heterocycles. The summed E-state index contributed by atoms with van der Waals surface area (Å²) in [7, 11) is 0. The van der Waals surface area contributed by atoms with Crippen LogP contribution in [0.5, 0.6) is 17.4 Å². The Morgan fingerprint density at radius 2 is 1.83 bits per heavy atom. The molecule has 0 aliphatic heterocycles. The number of pyridine rings is 1. The van der Waals surface area contributed by atoms with E-state index in [4.69, 9.17) is 14.2 Å². The average Bonchev–Trinajstić information content (AvgIpc) is 3.19. The number of benzene rings is 1. The van der Waals surface area contributed by atoms with Crippen LogP contribution in [0.25, 0.3) is 5.82 Å². The van der Waals surface area contributed by atoms with Gasteiger partial charge in [-0.15, -0.1) is 5.10 Å². The van der Waals surface area contributed by atoms with E-state index in [0.717, 1.165) is 10.7 Å². The van der Waals surface area contributed by atoms with Gasteiger partial charge in [0.2, 0.25) is 5.88 Å². The van der Waals surface area contributed by atoms with Crippen molar-refractivity contribution in [3.05, 3.63) is 59.9 Å². The number of hydrogen-bond donors (Lipinski definition) is 1. The van der Waals surface area contributed by atoms with E-state index in [-0.39, 0.29) is 49.4 Å². The molecule has 36 heavy (non-hydrogen) atoms. The molecule has 0 spiro atoms. The molecule has 0 radical (unpaired) electrons. The maximum atomic E-state index is 13.4. The first-order valence-electron chi connectivity index (χ1n) is 10.9. The number of alkyl halides is 3. The number of aromatic nitrogens is 3. The fraction of sp³-hybridized carbons (Fsp3) is 0.375. The van der Waals surface area contributed by atoms with Crippen LogP contribution in [0.4, 0.5) is 13.2 Å². The Bertz CT molecular complexity index is 1170. The second-order valence-electron chi connectivity index (χ2n) is 8.05. The number of hydrogen-bond acceptors (Lipinski definition) is 6. The van der Waals surface area contributed by atoms with Gasteiger partial charge in [-0.2, -0.15) is 13.2 Å². The van der Waals surface area contributed by atoms with E-state index in [1.165, 1.54) is 32.3 Å². The van der Waals surface area contributed by atoms with E-state index in [9.17, 15) is 23.1 Å². The van der Waals surface area contributed by atoms with Crippen LogP contribution in [-0.2, 0) is 17.4 Å². The molecular weight excluding hydrogens is 507 g/mol. The van der Waals surface area contributed by atoms with E-state index in [1.807, 2.05) is 0 Å². The van der Waals surface area contributed by atoms with Crippen LogP contribution in [0.15, 0.2) is 48.8 Å². The molecule has 0 saturated carbocycles. The third-order valence-corrected chi connectivity index (χ3v) is 4.89. The number of carboxylic acid groups (broad SMARTS) is 1. The van der Waals surface area contributed by atoms with Crippen molar-refractivity contribution in [1.82, 2.24) is 14.8 Å². The summed E-state index contributed by atoms with van der Waals surface area (Å²) in [6.45, 7) is 5.24. The monoisotopic (exact) mass is 535 g/mol. The van der Waals surface area contributed by atoms with Crippen molar-refractivity contribution in [1.29, 1.82) is 0 Å². The second kappa shape index (κ2) is 12.6. The summed E-state index contributed by atoms with van der Waals surface area (Å²) < 4.78 is 58.0. The van der Waals surface area contributed by atoms with Crippen LogP contribution in [0.1, 0.15) is 38.3 Å². The Morgan fingerprint density at radius 1 is 1.11 bits per heavy atom. The Hall–Kier alpha value is -2.50. The summed E-state index contributed by atoms with van der Waals surface area (Å²) in [6, 6.07) is 8.80. The van der Waals surface area contributed by atoms with E-state index < -0.39 is 23.3 Å². The summed E-state index contributed by atoms with van der Waals surface area (Å²) >= 11 is 0. The van der Waals surface area contributed by atoms with Crippen molar-refractivity contribution in [2.24, 2.45) is 0 Å². The Kier molecular flexibility index (Phi) is 10.4. The third-order valence-electron chi connectivity index (χ3n) is 4.89. The normalized spacial score (nSPS) is 11.5. The van der Waals surface area contributed by atoms with Gasteiger partial charge in [-0.1, -0.05) is 6.07 Å². The fourth-order valence-corrected chi connectivity index (χ4v) is 3.15. The molecule has 0 aliphatic carbocycles. The number of aryl methyl sites for hydroxylation is 1. The molecule has 3 rings (SSSR count). The molecule has 0 fully saturated rings. The van der Waals surface area contributed by atoms with E-state index in [1.54, 1.807) is 31.2 Å². The minimum atomic E-state index is -4.58. The number of halogens is 3. The van der Waals surface area contributed by atoms with Crippen LogP contribution in [0.2, 0.25) is 0 Å². The first-order valence-corrected chi connectivity index (χ1v) is 10.9. The number of carbonyl (C=O) groups is 1. The van der Waals surface area contributed by atoms with Gasteiger partial charge in [-0.25, -0.2) is 14.5 Å². The van der Waals surface area contributed by atoms with Crippen molar-refractivity contribution in [2.75, 3.05) is 13.2 Å². The predicted octanol–water partition coefficient (Wildman–Crippen LogP) is 4.02. The third kappa shape index (κ3) is 7.75. The van der Waals surface area contributed by atoms with Gasteiger partial charge < -0.3 is 19.3 Å². The molecule has 8 nitrogen and oxygen atoms in total. The van der Waals surface area contributed by atoms with Crippen LogP contribution in [-0.4, -0.2) is 82.4 Å². The zero-order valence-corrected chi connectivity index (χ0v) is 19.5. The van der Waals surface area contributed by atoms with Gasteiger partial charge in [-0.05, 0) is 57.9 Å². The Labute approximate surface area is 236 Å².